The largest absolute Gasteiger partial charge is 0.451 e. The van der Waals surface area contributed by atoms with Crippen LogP contribution in [0.15, 0.2) is 29.1 Å². The second kappa shape index (κ2) is 8.43. The first kappa shape index (κ1) is 20.5. The van der Waals surface area contributed by atoms with Crippen molar-refractivity contribution in [3.63, 3.8) is 0 Å². The molecule has 0 bridgehead atoms. The summed E-state index contributed by atoms with van der Waals surface area (Å²) in [6, 6.07) is 8.85. The number of nitrogens with zero attached hydrogens (tertiary/aromatic N) is 3. The normalized spacial score (nSPS) is 15.2. The van der Waals surface area contributed by atoms with Gasteiger partial charge in [0.1, 0.15) is 5.54 Å². The Morgan fingerprint density at radius 1 is 1.28 bits per heavy atom. The number of ether oxygens (including phenoxy) is 1. The fourth-order valence-corrected chi connectivity index (χ4v) is 3.60. The summed E-state index contributed by atoms with van der Waals surface area (Å²) in [4.78, 5) is 37.5. The molecule has 0 spiro atoms. The lowest BCUT2D eigenvalue weighted by atomic mass is 10.00. The Morgan fingerprint density at radius 3 is 2.55 bits per heavy atom. The molecule has 0 unspecified atom stereocenters. The van der Waals surface area contributed by atoms with Crippen molar-refractivity contribution in [2.24, 2.45) is 5.92 Å². The van der Waals surface area contributed by atoms with Gasteiger partial charge in [-0.05, 0) is 37.7 Å². The van der Waals surface area contributed by atoms with Crippen LogP contribution in [-0.2, 0) is 16.1 Å². The number of carbonyl (C=O) groups excluding carboxylic acids is 2. The SMILES string of the molecule is CC(C)Cn1nc(C(=O)OCC(=O)NC2(C#N)CCCC2)c2ccccc2c1=O. The van der Waals surface area contributed by atoms with E-state index in [0.717, 1.165) is 12.8 Å². The fraction of sp³-hybridized carbons (Fsp3) is 0.476. The smallest absolute Gasteiger partial charge is 0.359 e. The summed E-state index contributed by atoms with van der Waals surface area (Å²) < 4.78 is 6.42. The van der Waals surface area contributed by atoms with Crippen LogP contribution in [0.3, 0.4) is 0 Å². The Hall–Kier alpha value is -3.21. The minimum absolute atomic E-state index is 0.00971. The fourth-order valence-electron chi connectivity index (χ4n) is 3.60. The van der Waals surface area contributed by atoms with E-state index >= 15 is 0 Å². The van der Waals surface area contributed by atoms with Crippen molar-refractivity contribution in [3.05, 3.63) is 40.3 Å². The van der Waals surface area contributed by atoms with Crippen LogP contribution in [-0.4, -0.2) is 33.8 Å². The molecule has 1 aromatic heterocycles. The van der Waals surface area contributed by atoms with Crippen LogP contribution in [0.1, 0.15) is 50.0 Å². The van der Waals surface area contributed by atoms with E-state index in [1.807, 2.05) is 13.8 Å². The molecule has 0 aliphatic heterocycles. The van der Waals surface area contributed by atoms with Crippen molar-refractivity contribution in [1.29, 1.82) is 5.26 Å². The molecule has 29 heavy (non-hydrogen) atoms. The van der Waals surface area contributed by atoms with Crippen LogP contribution in [0.2, 0.25) is 0 Å². The summed E-state index contributed by atoms with van der Waals surface area (Å²) in [6.45, 7) is 3.73. The van der Waals surface area contributed by atoms with Gasteiger partial charge in [0.15, 0.2) is 12.3 Å². The maximum Gasteiger partial charge on any atom is 0.359 e. The van der Waals surface area contributed by atoms with Gasteiger partial charge in [0.2, 0.25) is 0 Å². The highest BCUT2D eigenvalue weighted by molar-refractivity contribution is 6.02. The molecule has 1 amide bonds. The lowest BCUT2D eigenvalue weighted by molar-refractivity contribution is -0.125. The summed E-state index contributed by atoms with van der Waals surface area (Å²) in [5.41, 5.74) is -1.16. The Labute approximate surface area is 168 Å². The summed E-state index contributed by atoms with van der Waals surface area (Å²) >= 11 is 0. The molecular formula is C21H24N4O4. The van der Waals surface area contributed by atoms with Crippen molar-refractivity contribution in [2.45, 2.75) is 51.6 Å². The highest BCUT2D eigenvalue weighted by atomic mass is 16.5. The summed E-state index contributed by atoms with van der Waals surface area (Å²) in [7, 11) is 0. The summed E-state index contributed by atoms with van der Waals surface area (Å²) in [5.74, 6) is -1.16. The number of hydrogen-bond acceptors (Lipinski definition) is 6. The third kappa shape index (κ3) is 4.45. The average Bonchev–Trinajstić information content (AvgIpc) is 3.17. The zero-order valence-corrected chi connectivity index (χ0v) is 16.6. The first-order valence-corrected chi connectivity index (χ1v) is 9.74. The number of aromatic nitrogens is 2. The molecular weight excluding hydrogens is 372 g/mol. The van der Waals surface area contributed by atoms with E-state index < -0.39 is 24.0 Å². The van der Waals surface area contributed by atoms with E-state index in [-0.39, 0.29) is 17.2 Å². The number of esters is 1. The molecule has 1 heterocycles. The first-order chi connectivity index (χ1) is 13.8. The quantitative estimate of drug-likeness (QED) is 0.749. The number of rotatable bonds is 6. The Kier molecular flexibility index (Phi) is 5.97. The topological polar surface area (TPSA) is 114 Å². The van der Waals surface area contributed by atoms with Crippen LogP contribution in [0.4, 0.5) is 0 Å². The third-order valence-electron chi connectivity index (χ3n) is 4.98. The van der Waals surface area contributed by atoms with Gasteiger partial charge in [-0.25, -0.2) is 9.48 Å². The Morgan fingerprint density at radius 2 is 1.93 bits per heavy atom. The van der Waals surface area contributed by atoms with E-state index in [4.69, 9.17) is 4.74 Å². The Bertz CT molecular complexity index is 1030. The molecule has 2 aromatic rings. The third-order valence-corrected chi connectivity index (χ3v) is 4.98. The van der Waals surface area contributed by atoms with Gasteiger partial charge in [-0.1, -0.05) is 32.0 Å². The number of carbonyl (C=O) groups is 2. The highest BCUT2D eigenvalue weighted by Crippen LogP contribution is 2.28. The highest BCUT2D eigenvalue weighted by Gasteiger charge is 2.35. The van der Waals surface area contributed by atoms with Crippen molar-refractivity contribution in [3.8, 4) is 6.07 Å². The van der Waals surface area contributed by atoms with Crippen LogP contribution >= 0.6 is 0 Å². The van der Waals surface area contributed by atoms with Gasteiger partial charge < -0.3 is 10.1 Å². The van der Waals surface area contributed by atoms with Gasteiger partial charge in [0.05, 0.1) is 11.5 Å². The molecule has 1 N–H and O–H groups in total. The van der Waals surface area contributed by atoms with Gasteiger partial charge in [-0.15, -0.1) is 0 Å². The number of nitrogens with one attached hydrogen (secondary N) is 1. The zero-order valence-electron chi connectivity index (χ0n) is 16.6. The second-order valence-corrected chi connectivity index (χ2v) is 7.80. The van der Waals surface area contributed by atoms with Gasteiger partial charge in [-0.3, -0.25) is 9.59 Å². The second-order valence-electron chi connectivity index (χ2n) is 7.80. The maximum atomic E-state index is 12.7. The average molecular weight is 396 g/mol. The summed E-state index contributed by atoms with van der Waals surface area (Å²) in [5, 5.41) is 17.0. The standard InChI is InChI=1S/C21H24N4O4/c1-14(2)11-25-19(27)16-8-4-3-7-15(16)18(24-25)20(28)29-12-17(26)23-21(13-22)9-5-6-10-21/h3-4,7-8,14H,5-6,9-12H2,1-2H3,(H,23,26). The molecule has 0 atom stereocenters. The molecule has 1 aromatic carbocycles. The van der Waals surface area contributed by atoms with E-state index in [1.54, 1.807) is 24.3 Å². The monoisotopic (exact) mass is 396 g/mol. The predicted molar refractivity (Wildman–Crippen MR) is 106 cm³/mol. The number of hydrogen-bond donors (Lipinski definition) is 1. The van der Waals surface area contributed by atoms with Crippen molar-refractivity contribution < 1.29 is 14.3 Å². The minimum Gasteiger partial charge on any atom is -0.451 e. The number of nitriles is 1. The zero-order chi connectivity index (χ0) is 21.0. The minimum atomic E-state index is -0.876. The number of fused-ring (bicyclic) bond motifs is 1. The van der Waals surface area contributed by atoms with E-state index in [9.17, 15) is 19.6 Å². The van der Waals surface area contributed by atoms with Crippen LogP contribution in [0, 0.1) is 17.2 Å². The van der Waals surface area contributed by atoms with Crippen LogP contribution in [0.5, 0.6) is 0 Å². The molecule has 1 aliphatic carbocycles. The van der Waals surface area contributed by atoms with E-state index in [0.29, 0.717) is 30.2 Å². The van der Waals surface area contributed by atoms with Crippen molar-refractivity contribution in [2.75, 3.05) is 6.61 Å². The number of benzene rings is 1. The van der Waals surface area contributed by atoms with Crippen molar-refractivity contribution >= 4 is 22.6 Å². The molecule has 8 heteroatoms. The van der Waals surface area contributed by atoms with Crippen molar-refractivity contribution in [1.82, 2.24) is 15.1 Å². The maximum absolute atomic E-state index is 12.7. The van der Waals surface area contributed by atoms with E-state index in [1.165, 1.54) is 4.68 Å². The molecule has 152 valence electrons. The molecule has 0 saturated heterocycles. The summed E-state index contributed by atoms with van der Waals surface area (Å²) in [6.07, 6.45) is 2.94. The first-order valence-electron chi connectivity index (χ1n) is 9.74. The lowest BCUT2D eigenvalue weighted by Gasteiger charge is -2.21. The van der Waals surface area contributed by atoms with Gasteiger partial charge in [0.25, 0.3) is 11.5 Å². The van der Waals surface area contributed by atoms with E-state index in [2.05, 4.69) is 16.5 Å². The lowest BCUT2D eigenvalue weighted by Crippen LogP contribution is -2.46. The molecule has 3 rings (SSSR count). The van der Waals surface area contributed by atoms with Gasteiger partial charge >= 0.3 is 5.97 Å². The number of amides is 1. The molecule has 0 radical (unpaired) electrons. The molecule has 1 aliphatic rings. The van der Waals surface area contributed by atoms with Gasteiger partial charge in [-0.2, -0.15) is 10.4 Å². The molecule has 1 fully saturated rings. The molecule has 8 nitrogen and oxygen atoms in total. The van der Waals surface area contributed by atoms with Gasteiger partial charge in [0, 0.05) is 11.9 Å². The van der Waals surface area contributed by atoms with Crippen LogP contribution in [0.25, 0.3) is 10.8 Å². The molecule has 1 saturated carbocycles. The van der Waals surface area contributed by atoms with Crippen LogP contribution < -0.4 is 10.9 Å². The Balaban J connectivity index is 1.80. The predicted octanol–water partition coefficient (Wildman–Crippen LogP) is 2.16.